The lowest BCUT2D eigenvalue weighted by atomic mass is 10.2. The van der Waals surface area contributed by atoms with E-state index in [9.17, 15) is 4.79 Å². The van der Waals surface area contributed by atoms with E-state index in [4.69, 9.17) is 4.74 Å². The van der Waals surface area contributed by atoms with Crippen molar-refractivity contribution < 1.29 is 9.53 Å². The Hall–Kier alpha value is -3.91. The number of imidazole rings is 1. The van der Waals surface area contributed by atoms with Crippen LogP contribution in [-0.2, 0) is 13.2 Å². The predicted molar refractivity (Wildman–Crippen MR) is 136 cm³/mol. The van der Waals surface area contributed by atoms with Gasteiger partial charge in [0, 0.05) is 56.9 Å². The highest BCUT2D eigenvalue weighted by atomic mass is 16.5. The number of piperazine rings is 1. The van der Waals surface area contributed by atoms with Crippen molar-refractivity contribution >= 4 is 17.4 Å². The molecule has 4 heterocycles. The van der Waals surface area contributed by atoms with Crippen molar-refractivity contribution in [3.8, 4) is 5.75 Å². The van der Waals surface area contributed by atoms with Crippen LogP contribution in [0.5, 0.6) is 5.75 Å². The van der Waals surface area contributed by atoms with Gasteiger partial charge in [-0.15, -0.1) is 0 Å². The van der Waals surface area contributed by atoms with Gasteiger partial charge in [0.25, 0.3) is 5.91 Å². The zero-order valence-corrected chi connectivity index (χ0v) is 20.1. The van der Waals surface area contributed by atoms with Crippen molar-refractivity contribution in [2.45, 2.75) is 20.1 Å². The molecular formula is C27H30N6O2. The molecule has 1 fully saturated rings. The first-order chi connectivity index (χ1) is 17.0. The molecule has 0 atom stereocenters. The Morgan fingerprint density at radius 1 is 1.09 bits per heavy atom. The van der Waals surface area contributed by atoms with Crippen molar-refractivity contribution in [2.24, 2.45) is 0 Å². The number of hydrogen-bond acceptors (Lipinski definition) is 6. The first kappa shape index (κ1) is 22.9. The maximum absolute atomic E-state index is 12.7. The van der Waals surface area contributed by atoms with E-state index in [0.29, 0.717) is 24.5 Å². The smallest absolute Gasteiger partial charge is 0.251 e. The minimum atomic E-state index is -0.120. The normalized spacial score (nSPS) is 14.3. The summed E-state index contributed by atoms with van der Waals surface area (Å²) in [4.78, 5) is 26.4. The third kappa shape index (κ3) is 5.44. The van der Waals surface area contributed by atoms with E-state index in [-0.39, 0.29) is 5.91 Å². The van der Waals surface area contributed by atoms with Crippen LogP contribution in [0.15, 0.2) is 67.1 Å². The van der Waals surface area contributed by atoms with Crippen LogP contribution < -0.4 is 15.0 Å². The largest absolute Gasteiger partial charge is 0.487 e. The van der Waals surface area contributed by atoms with Gasteiger partial charge >= 0.3 is 0 Å². The number of amides is 1. The van der Waals surface area contributed by atoms with Crippen molar-refractivity contribution in [2.75, 3.05) is 38.1 Å². The number of rotatable bonds is 7. The number of nitrogens with zero attached hydrogens (tertiary/aromatic N) is 5. The van der Waals surface area contributed by atoms with Crippen molar-refractivity contribution in [1.29, 1.82) is 0 Å². The molecule has 1 amide bonds. The topological polar surface area (TPSA) is 75.0 Å². The molecule has 0 saturated carbocycles. The molecule has 1 aliphatic heterocycles. The van der Waals surface area contributed by atoms with Crippen molar-refractivity contribution in [3.05, 3.63) is 89.5 Å². The van der Waals surface area contributed by atoms with Crippen molar-refractivity contribution in [1.82, 2.24) is 24.6 Å². The van der Waals surface area contributed by atoms with Crippen LogP contribution in [0.4, 0.5) is 5.82 Å². The fourth-order valence-corrected chi connectivity index (χ4v) is 4.20. The number of pyridine rings is 2. The molecule has 1 aromatic carbocycles. The van der Waals surface area contributed by atoms with Crippen molar-refractivity contribution in [3.63, 3.8) is 0 Å². The average molecular weight is 471 g/mol. The molecule has 1 aliphatic rings. The minimum absolute atomic E-state index is 0.120. The predicted octanol–water partition coefficient (Wildman–Crippen LogP) is 3.30. The molecule has 1 N–H and O–H groups in total. The zero-order chi connectivity index (χ0) is 24.2. The van der Waals surface area contributed by atoms with Gasteiger partial charge in [-0.25, -0.2) is 9.97 Å². The summed E-state index contributed by atoms with van der Waals surface area (Å²) >= 11 is 0. The maximum atomic E-state index is 12.7. The number of carbonyl (C=O) groups excluding carboxylic acids is 1. The molecule has 1 saturated heterocycles. The van der Waals surface area contributed by atoms with Crippen LogP contribution in [0.1, 0.15) is 27.2 Å². The highest BCUT2D eigenvalue weighted by molar-refractivity contribution is 5.94. The molecule has 8 heteroatoms. The lowest BCUT2D eigenvalue weighted by molar-refractivity contribution is 0.0951. The van der Waals surface area contributed by atoms with Crippen LogP contribution in [0.25, 0.3) is 5.65 Å². The summed E-state index contributed by atoms with van der Waals surface area (Å²) in [7, 11) is 2.14. The molecule has 5 rings (SSSR count). The molecule has 0 bridgehead atoms. The molecule has 35 heavy (non-hydrogen) atoms. The summed E-state index contributed by atoms with van der Waals surface area (Å²) in [6.45, 7) is 6.84. The van der Waals surface area contributed by atoms with Gasteiger partial charge in [-0.2, -0.15) is 0 Å². The quantitative estimate of drug-likeness (QED) is 0.447. The minimum Gasteiger partial charge on any atom is -0.487 e. The second-order valence-corrected chi connectivity index (χ2v) is 8.96. The van der Waals surface area contributed by atoms with Crippen LogP contribution in [-0.4, -0.2) is 58.4 Å². The van der Waals surface area contributed by atoms with Gasteiger partial charge in [-0.1, -0.05) is 6.07 Å². The number of aryl methyl sites for hydroxylation is 1. The number of aromatic nitrogens is 3. The number of likely N-dealkylation sites (N-methyl/N-ethyl adjacent to an activating group) is 1. The van der Waals surface area contributed by atoms with Gasteiger partial charge in [-0.3, -0.25) is 4.79 Å². The Bertz CT molecular complexity index is 1310. The van der Waals surface area contributed by atoms with Crippen LogP contribution >= 0.6 is 0 Å². The number of fused-ring (bicyclic) bond motifs is 1. The molecule has 4 aromatic rings. The average Bonchev–Trinajstić information content (AvgIpc) is 3.32. The summed E-state index contributed by atoms with van der Waals surface area (Å²) in [5.74, 6) is 1.54. The third-order valence-electron chi connectivity index (χ3n) is 6.32. The van der Waals surface area contributed by atoms with E-state index in [2.05, 4.69) is 38.2 Å². The SMILES string of the molecule is Cc1cccn2cc(COc3ccc(C(=O)NCc4ccnc(N5CCN(C)CC5)c4)cc3)nc12. The molecule has 0 spiro atoms. The second kappa shape index (κ2) is 10.1. The number of benzene rings is 1. The maximum Gasteiger partial charge on any atom is 0.251 e. The van der Waals surface area contributed by atoms with Crippen LogP contribution in [0.3, 0.4) is 0 Å². The number of anilines is 1. The van der Waals surface area contributed by atoms with E-state index in [1.165, 1.54) is 0 Å². The van der Waals surface area contributed by atoms with E-state index < -0.39 is 0 Å². The second-order valence-electron chi connectivity index (χ2n) is 8.96. The van der Waals surface area contributed by atoms with Gasteiger partial charge in [-0.05, 0) is 67.6 Å². The van der Waals surface area contributed by atoms with Gasteiger partial charge in [0.2, 0.25) is 0 Å². The van der Waals surface area contributed by atoms with E-state index in [0.717, 1.165) is 54.5 Å². The third-order valence-corrected chi connectivity index (χ3v) is 6.32. The van der Waals surface area contributed by atoms with Crippen LogP contribution in [0, 0.1) is 6.92 Å². The Morgan fingerprint density at radius 2 is 1.89 bits per heavy atom. The first-order valence-electron chi connectivity index (χ1n) is 11.9. The first-order valence-corrected chi connectivity index (χ1v) is 11.9. The fraction of sp³-hybridized carbons (Fsp3) is 0.296. The van der Waals surface area contributed by atoms with E-state index in [1.807, 2.05) is 60.2 Å². The molecular weight excluding hydrogens is 440 g/mol. The summed E-state index contributed by atoms with van der Waals surface area (Å²) in [5, 5.41) is 3.00. The Kier molecular flexibility index (Phi) is 6.63. The van der Waals surface area contributed by atoms with Gasteiger partial charge in [0.05, 0.1) is 5.69 Å². The van der Waals surface area contributed by atoms with Gasteiger partial charge < -0.3 is 24.3 Å². The van der Waals surface area contributed by atoms with E-state index in [1.54, 1.807) is 12.1 Å². The number of ether oxygens (including phenoxy) is 1. The number of hydrogen-bond donors (Lipinski definition) is 1. The van der Waals surface area contributed by atoms with Gasteiger partial charge in [0.1, 0.15) is 23.8 Å². The Morgan fingerprint density at radius 3 is 2.66 bits per heavy atom. The molecule has 3 aromatic heterocycles. The summed E-state index contributed by atoms with van der Waals surface area (Å²) in [6, 6.07) is 15.2. The highest BCUT2D eigenvalue weighted by Gasteiger charge is 2.15. The lowest BCUT2D eigenvalue weighted by Gasteiger charge is -2.33. The molecule has 180 valence electrons. The standard InChI is InChI=1S/C27H30N6O2/c1-20-4-3-11-33-18-23(30-26(20)33)19-35-24-7-5-22(6-8-24)27(34)29-17-21-9-10-28-25(16-21)32-14-12-31(2)13-15-32/h3-11,16,18H,12-15,17,19H2,1-2H3,(H,29,34). The van der Waals surface area contributed by atoms with E-state index >= 15 is 0 Å². The summed E-state index contributed by atoms with van der Waals surface area (Å²) < 4.78 is 7.88. The molecule has 0 aliphatic carbocycles. The fourth-order valence-electron chi connectivity index (χ4n) is 4.20. The van der Waals surface area contributed by atoms with Gasteiger partial charge in [0.15, 0.2) is 0 Å². The Labute approximate surface area is 205 Å². The number of nitrogens with one attached hydrogen (secondary N) is 1. The van der Waals surface area contributed by atoms with Crippen LogP contribution in [0.2, 0.25) is 0 Å². The molecule has 0 radical (unpaired) electrons. The lowest BCUT2D eigenvalue weighted by Crippen LogP contribution is -2.44. The molecule has 0 unspecified atom stereocenters. The Balaban J connectivity index is 1.14. The summed E-state index contributed by atoms with van der Waals surface area (Å²) in [5.41, 5.74) is 4.53. The summed E-state index contributed by atoms with van der Waals surface area (Å²) in [6.07, 6.45) is 5.76. The molecule has 8 nitrogen and oxygen atoms in total. The number of carbonyl (C=O) groups is 1. The monoisotopic (exact) mass is 470 g/mol. The highest BCUT2D eigenvalue weighted by Crippen LogP contribution is 2.17. The zero-order valence-electron chi connectivity index (χ0n) is 20.1.